The Morgan fingerprint density at radius 1 is 0.590 bits per heavy atom. The van der Waals surface area contributed by atoms with Crippen molar-refractivity contribution in [2.24, 2.45) is 0 Å². The van der Waals surface area contributed by atoms with Gasteiger partial charge in [-0.15, -0.1) is 0 Å². The third kappa shape index (κ3) is 7.44. The molecule has 4 nitrogen and oxygen atoms in total. The van der Waals surface area contributed by atoms with E-state index in [9.17, 15) is 9.59 Å². The highest BCUT2D eigenvalue weighted by Crippen LogP contribution is 2.29. The molecule has 0 unspecified atom stereocenters. The van der Waals surface area contributed by atoms with Crippen LogP contribution >= 0.6 is 0 Å². The van der Waals surface area contributed by atoms with Gasteiger partial charge in [0.25, 0.3) is 0 Å². The van der Waals surface area contributed by atoms with Crippen LogP contribution < -0.4 is 9.47 Å². The van der Waals surface area contributed by atoms with Crippen LogP contribution in [0, 0.1) is 0 Å². The Labute approximate surface area is 232 Å². The molecule has 0 aliphatic heterocycles. The van der Waals surface area contributed by atoms with E-state index in [0.717, 1.165) is 12.8 Å². The lowest BCUT2D eigenvalue weighted by Gasteiger charge is -2.24. The van der Waals surface area contributed by atoms with E-state index in [-0.39, 0.29) is 17.0 Å². The predicted molar refractivity (Wildman–Crippen MR) is 159 cm³/mol. The molecule has 0 saturated heterocycles. The molecule has 0 radical (unpaired) electrons. The van der Waals surface area contributed by atoms with E-state index in [1.165, 1.54) is 5.56 Å². The molecule has 0 atom stereocenters. The number of ketones is 2. The van der Waals surface area contributed by atoms with Crippen LogP contribution in [0.3, 0.4) is 0 Å². The molecule has 0 heterocycles. The van der Waals surface area contributed by atoms with E-state index in [1.54, 1.807) is 79.9 Å². The monoisotopic (exact) mass is 522 g/mol. The molecule has 0 bridgehead atoms. The van der Waals surface area contributed by atoms with Crippen LogP contribution in [-0.2, 0) is 5.41 Å². The van der Waals surface area contributed by atoms with Gasteiger partial charge in [0.2, 0.25) is 0 Å². The van der Waals surface area contributed by atoms with Gasteiger partial charge in [0.15, 0.2) is 11.6 Å². The van der Waals surface area contributed by atoms with Crippen molar-refractivity contribution >= 4 is 11.6 Å². The summed E-state index contributed by atoms with van der Waals surface area (Å²) in [6.45, 7) is 10.7. The fraction of sp³-hybridized carbons (Fsp3) is 0.257. The van der Waals surface area contributed by atoms with E-state index in [2.05, 4.69) is 32.9 Å². The smallest absolute Gasteiger partial charge is 0.193 e. The zero-order valence-corrected chi connectivity index (χ0v) is 23.8. The van der Waals surface area contributed by atoms with Crippen LogP contribution in [-0.4, -0.2) is 18.7 Å². The SMILES string of the molecule is CC.CCCC(C)(C)c1ccc(C(=O)c2ccc(Oc3ccc(C(=O)c4ccc(OC)cc4)cc3)cc2)cc1. The summed E-state index contributed by atoms with van der Waals surface area (Å²) in [5, 5.41) is 0. The summed E-state index contributed by atoms with van der Waals surface area (Å²) in [7, 11) is 1.59. The third-order valence-electron chi connectivity index (χ3n) is 6.62. The van der Waals surface area contributed by atoms with Crippen LogP contribution in [0.2, 0.25) is 0 Å². The van der Waals surface area contributed by atoms with E-state index >= 15 is 0 Å². The quantitative estimate of drug-likeness (QED) is 0.195. The molecule has 0 spiro atoms. The number of carbonyl (C=O) groups is 2. The summed E-state index contributed by atoms with van der Waals surface area (Å²) in [5.41, 5.74) is 3.77. The zero-order chi connectivity index (χ0) is 28.4. The number of hydrogen-bond acceptors (Lipinski definition) is 4. The second-order valence-corrected chi connectivity index (χ2v) is 9.75. The van der Waals surface area contributed by atoms with E-state index < -0.39 is 0 Å². The Hall–Kier alpha value is -4.18. The topological polar surface area (TPSA) is 52.6 Å². The highest BCUT2D eigenvalue weighted by molar-refractivity contribution is 6.09. The molecular weight excluding hydrogens is 484 g/mol. The number of carbonyl (C=O) groups excluding carboxylic acids is 2. The van der Waals surface area contributed by atoms with Crippen molar-refractivity contribution in [3.63, 3.8) is 0 Å². The Kier molecular flexibility index (Phi) is 10.2. The molecule has 0 aliphatic rings. The Morgan fingerprint density at radius 2 is 0.923 bits per heavy atom. The minimum absolute atomic E-state index is 0.0206. The Bertz CT molecular complexity index is 1350. The molecule has 4 aromatic rings. The number of benzene rings is 4. The Morgan fingerprint density at radius 3 is 1.26 bits per heavy atom. The minimum Gasteiger partial charge on any atom is -0.497 e. The van der Waals surface area contributed by atoms with Crippen molar-refractivity contribution in [2.75, 3.05) is 7.11 Å². The minimum atomic E-state index is -0.0703. The molecule has 4 rings (SSSR count). The first-order chi connectivity index (χ1) is 18.8. The summed E-state index contributed by atoms with van der Waals surface area (Å²) in [6.07, 6.45) is 2.22. The number of methoxy groups -OCH3 is 1. The average Bonchev–Trinajstić information content (AvgIpc) is 2.98. The van der Waals surface area contributed by atoms with E-state index in [0.29, 0.717) is 39.5 Å². The largest absolute Gasteiger partial charge is 0.497 e. The summed E-state index contributed by atoms with van der Waals surface area (Å²) >= 11 is 0. The second kappa shape index (κ2) is 13.6. The molecule has 4 aromatic carbocycles. The van der Waals surface area contributed by atoms with Gasteiger partial charge in [0.1, 0.15) is 17.2 Å². The predicted octanol–water partition coefficient (Wildman–Crippen LogP) is 9.05. The molecule has 0 saturated carbocycles. The lowest BCUT2D eigenvalue weighted by atomic mass is 9.80. The van der Waals surface area contributed by atoms with Gasteiger partial charge in [-0.25, -0.2) is 0 Å². The fourth-order valence-electron chi connectivity index (χ4n) is 4.40. The highest BCUT2D eigenvalue weighted by atomic mass is 16.5. The van der Waals surface area contributed by atoms with E-state index in [4.69, 9.17) is 9.47 Å². The molecule has 0 aromatic heterocycles. The molecule has 202 valence electrons. The van der Waals surface area contributed by atoms with Gasteiger partial charge < -0.3 is 9.47 Å². The summed E-state index contributed by atoms with van der Waals surface area (Å²) < 4.78 is 11.1. The van der Waals surface area contributed by atoms with Gasteiger partial charge >= 0.3 is 0 Å². The normalized spacial score (nSPS) is 10.7. The lowest BCUT2D eigenvalue weighted by Crippen LogP contribution is -2.16. The van der Waals surface area contributed by atoms with Crippen molar-refractivity contribution < 1.29 is 19.1 Å². The zero-order valence-electron chi connectivity index (χ0n) is 23.8. The molecule has 0 N–H and O–H groups in total. The molecule has 0 fully saturated rings. The second-order valence-electron chi connectivity index (χ2n) is 9.75. The highest BCUT2D eigenvalue weighted by Gasteiger charge is 2.20. The van der Waals surface area contributed by atoms with Gasteiger partial charge in [-0.05, 0) is 90.2 Å². The standard InChI is InChI=1S/C33H32O4.C2H6/c1-5-22-33(2,3)27-14-6-23(7-15-27)31(34)25-10-18-29(19-11-25)37-30-20-12-26(13-21-30)32(35)24-8-16-28(36-4)17-9-24;1-2/h6-21H,5,22H2,1-4H3;1-2H3. The van der Waals surface area contributed by atoms with Crippen molar-refractivity contribution in [1.82, 2.24) is 0 Å². The summed E-state index contributed by atoms with van der Waals surface area (Å²) in [6, 6.07) is 29.1. The van der Waals surface area contributed by atoms with E-state index in [1.807, 2.05) is 26.0 Å². The van der Waals surface area contributed by atoms with Crippen LogP contribution in [0.15, 0.2) is 97.1 Å². The average molecular weight is 523 g/mol. The molecule has 4 heteroatoms. The van der Waals surface area contributed by atoms with Gasteiger partial charge in [0.05, 0.1) is 7.11 Å². The van der Waals surface area contributed by atoms with Crippen molar-refractivity contribution in [1.29, 1.82) is 0 Å². The molecular formula is C35H38O4. The summed E-state index contributed by atoms with van der Waals surface area (Å²) in [4.78, 5) is 25.7. The molecule has 39 heavy (non-hydrogen) atoms. The van der Waals surface area contributed by atoms with Crippen LogP contribution in [0.1, 0.15) is 84.9 Å². The molecule has 0 aliphatic carbocycles. The first-order valence-electron chi connectivity index (χ1n) is 13.5. The van der Waals surface area contributed by atoms with Gasteiger partial charge in [0, 0.05) is 22.3 Å². The number of hydrogen-bond donors (Lipinski definition) is 0. The van der Waals surface area contributed by atoms with Crippen molar-refractivity contribution in [2.45, 2.75) is 52.9 Å². The van der Waals surface area contributed by atoms with Crippen molar-refractivity contribution in [3.8, 4) is 17.2 Å². The fourth-order valence-corrected chi connectivity index (χ4v) is 4.40. The third-order valence-corrected chi connectivity index (χ3v) is 6.62. The van der Waals surface area contributed by atoms with Gasteiger partial charge in [-0.1, -0.05) is 65.3 Å². The maximum absolute atomic E-state index is 13.0. The van der Waals surface area contributed by atoms with Crippen LogP contribution in [0.25, 0.3) is 0 Å². The van der Waals surface area contributed by atoms with Crippen LogP contribution in [0.5, 0.6) is 17.2 Å². The maximum atomic E-state index is 13.0. The molecule has 0 amide bonds. The lowest BCUT2D eigenvalue weighted by molar-refractivity contribution is 0.103. The summed E-state index contributed by atoms with van der Waals surface area (Å²) in [5.74, 6) is 1.84. The van der Waals surface area contributed by atoms with Crippen LogP contribution in [0.4, 0.5) is 0 Å². The number of rotatable bonds is 10. The number of ether oxygens (including phenoxy) is 2. The van der Waals surface area contributed by atoms with Gasteiger partial charge in [-0.3, -0.25) is 9.59 Å². The first kappa shape index (κ1) is 29.4. The first-order valence-corrected chi connectivity index (χ1v) is 13.5. The maximum Gasteiger partial charge on any atom is 0.193 e. The van der Waals surface area contributed by atoms with Crippen molar-refractivity contribution in [3.05, 3.63) is 125 Å². The van der Waals surface area contributed by atoms with Gasteiger partial charge in [-0.2, -0.15) is 0 Å². The Balaban J connectivity index is 0.00000205.